The topological polar surface area (TPSA) is 82.1 Å². The van der Waals surface area contributed by atoms with Crippen molar-refractivity contribution < 1.29 is 19.4 Å². The zero-order chi connectivity index (χ0) is 23.9. The number of benzene rings is 2. The number of aromatic carboxylic acids is 1. The number of hydrogen-bond donors (Lipinski definition) is 2. The number of fused-ring (bicyclic) bond motifs is 2. The van der Waals surface area contributed by atoms with Crippen molar-refractivity contribution in [3.05, 3.63) is 82.1 Å². The number of nitrogens with one attached hydrogen (secondary N) is 1. The average molecular weight is 448 g/mol. The van der Waals surface area contributed by atoms with E-state index in [2.05, 4.69) is 22.4 Å². The molecule has 0 aromatic heterocycles. The average Bonchev–Trinajstić information content (AvgIpc) is 2.80. The van der Waals surface area contributed by atoms with E-state index in [9.17, 15) is 14.7 Å². The Morgan fingerprint density at radius 3 is 2.36 bits per heavy atom. The lowest BCUT2D eigenvalue weighted by atomic mass is 9.75. The van der Waals surface area contributed by atoms with Crippen LogP contribution in [-0.2, 0) is 0 Å². The third-order valence-corrected chi connectivity index (χ3v) is 6.32. The fraction of sp³-hybridized carbons (Fsp3) is 0.308. The summed E-state index contributed by atoms with van der Waals surface area (Å²) in [5.74, 6) is -0.925. The minimum atomic E-state index is -1.06. The molecule has 1 aliphatic heterocycles. The lowest BCUT2D eigenvalue weighted by molar-refractivity contribution is 0.0695. The molecule has 2 aliphatic rings. The summed E-state index contributed by atoms with van der Waals surface area (Å²) >= 11 is 0. The molecule has 2 aromatic carbocycles. The minimum Gasteiger partial charge on any atom is -0.485 e. The summed E-state index contributed by atoms with van der Waals surface area (Å²) in [5.41, 5.74) is 5.16. The number of amides is 1. The minimum absolute atomic E-state index is 0.118. The van der Waals surface area contributed by atoms with Crippen LogP contribution >= 0.6 is 0 Å². The highest BCUT2D eigenvalue weighted by Crippen LogP contribution is 2.48. The molecule has 2 atom stereocenters. The van der Waals surface area contributed by atoms with Gasteiger partial charge < -0.3 is 25.0 Å². The van der Waals surface area contributed by atoms with Gasteiger partial charge in [0.15, 0.2) is 0 Å². The fourth-order valence-electron chi connectivity index (χ4n) is 4.50. The number of hydrogen-bond acceptors (Lipinski definition) is 5. The van der Waals surface area contributed by atoms with Crippen molar-refractivity contribution in [2.45, 2.75) is 18.4 Å². The summed E-state index contributed by atoms with van der Waals surface area (Å²) in [6.45, 7) is 0. The second-order valence-corrected chi connectivity index (χ2v) is 8.77. The van der Waals surface area contributed by atoms with Crippen LogP contribution in [0.15, 0.2) is 59.8 Å². The summed E-state index contributed by atoms with van der Waals surface area (Å²) < 4.78 is 6.46. The Labute approximate surface area is 194 Å². The van der Waals surface area contributed by atoms with Gasteiger partial charge in [0.25, 0.3) is 5.91 Å². The van der Waals surface area contributed by atoms with Crippen molar-refractivity contribution >= 4 is 17.6 Å². The van der Waals surface area contributed by atoms with E-state index in [1.54, 1.807) is 12.1 Å². The monoisotopic (exact) mass is 447 g/mol. The molecule has 0 saturated heterocycles. The summed E-state index contributed by atoms with van der Waals surface area (Å²) in [6.07, 6.45) is 4.61. The van der Waals surface area contributed by atoms with Gasteiger partial charge in [-0.1, -0.05) is 18.2 Å². The number of rotatable bonds is 5. The number of carbonyl (C=O) groups excluding carboxylic acids is 1. The van der Waals surface area contributed by atoms with Crippen LogP contribution in [0.25, 0.3) is 0 Å². The Balaban J connectivity index is 1.93. The Kier molecular flexibility index (Phi) is 5.89. The molecule has 0 bridgehead atoms. The van der Waals surface area contributed by atoms with Crippen LogP contribution in [0.4, 0.5) is 5.69 Å². The zero-order valence-electron chi connectivity index (χ0n) is 19.5. The van der Waals surface area contributed by atoms with Crippen LogP contribution in [-0.4, -0.2) is 63.2 Å². The number of nitrogens with zero attached hydrogens (tertiary/aromatic N) is 2. The molecule has 7 nitrogen and oxygen atoms in total. The predicted molar refractivity (Wildman–Crippen MR) is 128 cm³/mol. The Hall–Kier alpha value is -3.74. The molecule has 4 rings (SSSR count). The van der Waals surface area contributed by atoms with Gasteiger partial charge in [-0.25, -0.2) is 4.79 Å². The molecule has 172 valence electrons. The van der Waals surface area contributed by atoms with Crippen molar-refractivity contribution in [1.29, 1.82) is 0 Å². The molecular weight excluding hydrogens is 418 g/mol. The molecule has 0 fully saturated rings. The number of ether oxygens (including phenoxy) is 1. The smallest absolute Gasteiger partial charge is 0.336 e. The molecule has 33 heavy (non-hydrogen) atoms. The second-order valence-electron chi connectivity index (χ2n) is 8.77. The SMILES string of the molecule is CNC(=O)c1ccc(C2C3=CC=C(N(C)C)CC3Oc3cc(N(C)C)ccc32)c(C(=O)O)c1. The molecule has 7 heteroatoms. The summed E-state index contributed by atoms with van der Waals surface area (Å²) in [5, 5.41) is 12.6. The standard InChI is InChI=1S/C26H29N3O4/c1-27-25(30)15-6-9-18(21(12-15)26(31)32)24-19-10-7-16(28(2)3)13-22(19)33-23-14-17(29(4)5)8-11-20(23)24/h6-13,23-24H,14H2,1-5H3,(H,27,30)(H,31,32). The molecule has 0 spiro atoms. The first-order valence-corrected chi connectivity index (χ1v) is 10.9. The van der Waals surface area contributed by atoms with Gasteiger partial charge in [0.1, 0.15) is 11.9 Å². The first-order valence-electron chi connectivity index (χ1n) is 10.9. The molecule has 1 aliphatic carbocycles. The lowest BCUT2D eigenvalue weighted by Crippen LogP contribution is -2.34. The first kappa shape index (κ1) is 22.5. The molecule has 2 N–H and O–H groups in total. The van der Waals surface area contributed by atoms with Crippen LogP contribution in [0.2, 0.25) is 0 Å². The van der Waals surface area contributed by atoms with Gasteiger partial charge >= 0.3 is 5.97 Å². The van der Waals surface area contributed by atoms with Crippen molar-refractivity contribution in [2.75, 3.05) is 40.1 Å². The van der Waals surface area contributed by atoms with Gasteiger partial charge in [-0.3, -0.25) is 4.79 Å². The van der Waals surface area contributed by atoms with Gasteiger partial charge in [-0.2, -0.15) is 0 Å². The van der Waals surface area contributed by atoms with Crippen molar-refractivity contribution in [3.63, 3.8) is 0 Å². The van der Waals surface area contributed by atoms with Crippen molar-refractivity contribution in [1.82, 2.24) is 10.2 Å². The number of carboxylic acid groups (broad SMARTS) is 1. The van der Waals surface area contributed by atoms with E-state index in [1.807, 2.05) is 51.3 Å². The highest BCUT2D eigenvalue weighted by Gasteiger charge is 2.38. The molecular formula is C26H29N3O4. The van der Waals surface area contributed by atoms with Crippen molar-refractivity contribution in [2.24, 2.45) is 0 Å². The van der Waals surface area contributed by atoms with Gasteiger partial charge in [0, 0.05) is 76.2 Å². The van der Waals surface area contributed by atoms with E-state index >= 15 is 0 Å². The zero-order valence-corrected chi connectivity index (χ0v) is 19.5. The molecule has 0 radical (unpaired) electrons. The van der Waals surface area contributed by atoms with E-state index < -0.39 is 5.97 Å². The predicted octanol–water partition coefficient (Wildman–Crippen LogP) is 3.48. The summed E-state index contributed by atoms with van der Waals surface area (Å²) in [7, 11) is 9.48. The van der Waals surface area contributed by atoms with Crippen LogP contribution in [0.5, 0.6) is 5.75 Å². The van der Waals surface area contributed by atoms with E-state index in [4.69, 9.17) is 4.74 Å². The third kappa shape index (κ3) is 4.06. The van der Waals surface area contributed by atoms with E-state index in [1.165, 1.54) is 13.1 Å². The van der Waals surface area contributed by atoms with Gasteiger partial charge in [-0.05, 0) is 35.4 Å². The molecule has 1 amide bonds. The highest BCUT2D eigenvalue weighted by molar-refractivity contribution is 5.98. The molecule has 2 aromatic rings. The normalized spacial score (nSPS) is 18.7. The molecule has 1 heterocycles. The number of carboxylic acids is 1. The Morgan fingerprint density at radius 2 is 1.73 bits per heavy atom. The van der Waals surface area contributed by atoms with Crippen LogP contribution in [0.1, 0.15) is 44.2 Å². The quantitative estimate of drug-likeness (QED) is 0.730. The van der Waals surface area contributed by atoms with Gasteiger partial charge in [0.05, 0.1) is 5.56 Å². The van der Waals surface area contributed by atoms with Crippen LogP contribution in [0.3, 0.4) is 0 Å². The van der Waals surface area contributed by atoms with E-state index in [0.29, 0.717) is 17.5 Å². The highest BCUT2D eigenvalue weighted by atomic mass is 16.5. The maximum Gasteiger partial charge on any atom is 0.336 e. The van der Waals surface area contributed by atoms with Gasteiger partial charge in [0.2, 0.25) is 0 Å². The maximum absolute atomic E-state index is 12.3. The number of anilines is 1. The Bertz CT molecular complexity index is 1180. The fourth-order valence-corrected chi connectivity index (χ4v) is 4.50. The van der Waals surface area contributed by atoms with Crippen molar-refractivity contribution in [3.8, 4) is 5.75 Å². The largest absolute Gasteiger partial charge is 0.485 e. The Morgan fingerprint density at radius 1 is 1.00 bits per heavy atom. The first-order chi connectivity index (χ1) is 15.7. The second kappa shape index (κ2) is 8.65. The number of allylic oxidation sites excluding steroid dienone is 2. The van der Waals surface area contributed by atoms with E-state index in [-0.39, 0.29) is 23.5 Å². The molecule has 0 saturated carbocycles. The van der Waals surface area contributed by atoms with Crippen LogP contribution in [0, 0.1) is 0 Å². The summed E-state index contributed by atoms with van der Waals surface area (Å²) in [4.78, 5) is 28.5. The third-order valence-electron chi connectivity index (χ3n) is 6.32. The van der Waals surface area contributed by atoms with Gasteiger partial charge in [-0.15, -0.1) is 0 Å². The molecule has 2 unspecified atom stereocenters. The maximum atomic E-state index is 12.3. The van der Waals surface area contributed by atoms with E-state index in [0.717, 1.165) is 28.3 Å². The number of carbonyl (C=O) groups is 2. The van der Waals surface area contributed by atoms with Crippen LogP contribution < -0.4 is 15.0 Å². The lowest BCUT2D eigenvalue weighted by Gasteiger charge is -2.39. The summed E-state index contributed by atoms with van der Waals surface area (Å²) in [6, 6.07) is 10.9.